The van der Waals surface area contributed by atoms with Crippen molar-refractivity contribution >= 4 is 0 Å². The normalized spacial score (nSPS) is 9.91. The largest absolute Gasteiger partial charge is 0.335 e. The molecule has 2 heteroatoms. The fourth-order valence-electron chi connectivity index (χ4n) is 1.05. The van der Waals surface area contributed by atoms with Crippen LogP contribution >= 0.6 is 0 Å². The number of aromatic nitrogens is 2. The smallest absolute Gasteiger partial charge is 0.111 e. The summed E-state index contributed by atoms with van der Waals surface area (Å²) in [5, 5.41) is 0. The summed E-state index contributed by atoms with van der Waals surface area (Å²) in [6.45, 7) is 6.38. The molecule has 1 aromatic rings. The molecule has 0 spiro atoms. The van der Waals surface area contributed by atoms with Gasteiger partial charge in [-0.15, -0.1) is 0 Å². The van der Waals surface area contributed by atoms with Crippen molar-refractivity contribution in [1.29, 1.82) is 0 Å². The van der Waals surface area contributed by atoms with E-state index < -0.39 is 0 Å². The van der Waals surface area contributed by atoms with Gasteiger partial charge < -0.3 is 4.57 Å². The molecule has 0 saturated carbocycles. The summed E-state index contributed by atoms with van der Waals surface area (Å²) in [5.74, 6) is 1.69. The summed E-state index contributed by atoms with van der Waals surface area (Å²) in [5.41, 5.74) is 1.23. The first kappa shape index (κ1) is 10.2. The lowest BCUT2D eigenvalue weighted by Crippen LogP contribution is -2.00. The Morgan fingerprint density at radius 3 is 2.18 bits per heavy atom. The van der Waals surface area contributed by atoms with Crippen molar-refractivity contribution in [2.75, 3.05) is 0 Å². The minimum atomic E-state index is 0. The first-order valence-corrected chi connectivity index (χ1v) is 3.61. The molecule has 1 heterocycles. The van der Waals surface area contributed by atoms with Crippen LogP contribution in [0.1, 0.15) is 38.7 Å². The maximum atomic E-state index is 4.28. The van der Waals surface area contributed by atoms with Gasteiger partial charge in [0.15, 0.2) is 0 Å². The van der Waals surface area contributed by atoms with Gasteiger partial charge >= 0.3 is 0 Å². The van der Waals surface area contributed by atoms with Crippen molar-refractivity contribution in [1.82, 2.24) is 9.55 Å². The molecule has 0 bridgehead atoms. The van der Waals surface area contributed by atoms with E-state index in [9.17, 15) is 0 Å². The van der Waals surface area contributed by atoms with Crippen LogP contribution in [0.5, 0.6) is 0 Å². The van der Waals surface area contributed by atoms with Crippen LogP contribution in [0.15, 0.2) is 6.20 Å². The van der Waals surface area contributed by atoms with Gasteiger partial charge in [0.05, 0.1) is 0 Å². The minimum absolute atomic E-state index is 0. The number of hydrogen-bond acceptors (Lipinski definition) is 1. The lowest BCUT2D eigenvalue weighted by Gasteiger charge is -2.04. The zero-order chi connectivity index (χ0) is 7.72. The Morgan fingerprint density at radius 1 is 1.45 bits per heavy atom. The molecule has 0 aliphatic rings. The molecule has 0 atom stereocenters. The molecule has 0 aromatic carbocycles. The number of aryl methyl sites for hydroxylation is 1. The van der Waals surface area contributed by atoms with E-state index in [1.54, 1.807) is 0 Å². The zero-order valence-electron chi connectivity index (χ0n) is 7.05. The third-order valence-corrected chi connectivity index (χ3v) is 1.77. The molecule has 0 radical (unpaired) electrons. The highest BCUT2D eigenvalue weighted by molar-refractivity contribution is 5.05. The molecule has 1 aromatic heterocycles. The van der Waals surface area contributed by atoms with Crippen LogP contribution in [0.4, 0.5) is 0 Å². The molecule has 1 rings (SSSR count). The van der Waals surface area contributed by atoms with Crippen molar-refractivity contribution in [2.24, 2.45) is 7.05 Å². The molecule has 64 valence electrons. The van der Waals surface area contributed by atoms with Gasteiger partial charge in [-0.05, 0) is 6.92 Å². The summed E-state index contributed by atoms with van der Waals surface area (Å²) < 4.78 is 2.13. The standard InChI is InChI=1S/C8H14N2.CH4/c1-6(2)8-9-5-7(3)10(8)4;/h5-6H,1-4H3;1H4. The molecule has 0 amide bonds. The summed E-state index contributed by atoms with van der Waals surface area (Å²) in [6, 6.07) is 0. The third kappa shape index (κ3) is 1.82. The van der Waals surface area contributed by atoms with Gasteiger partial charge in [-0.2, -0.15) is 0 Å². The first-order valence-electron chi connectivity index (χ1n) is 3.61. The minimum Gasteiger partial charge on any atom is -0.335 e. The van der Waals surface area contributed by atoms with Crippen LogP contribution < -0.4 is 0 Å². The molecule has 2 nitrogen and oxygen atoms in total. The number of nitrogens with zero attached hydrogens (tertiary/aromatic N) is 2. The molecule has 0 aliphatic carbocycles. The van der Waals surface area contributed by atoms with Gasteiger partial charge in [-0.1, -0.05) is 21.3 Å². The van der Waals surface area contributed by atoms with Crippen molar-refractivity contribution < 1.29 is 0 Å². The summed E-state index contributed by atoms with van der Waals surface area (Å²) >= 11 is 0. The zero-order valence-corrected chi connectivity index (χ0v) is 7.05. The van der Waals surface area contributed by atoms with Crippen molar-refractivity contribution in [3.05, 3.63) is 17.7 Å². The lowest BCUT2D eigenvalue weighted by atomic mass is 10.2. The molecule has 0 fully saturated rings. The van der Waals surface area contributed by atoms with Crippen LogP contribution in [0.2, 0.25) is 0 Å². The SMILES string of the molecule is C.Cc1cnc(C(C)C)n1C. The van der Waals surface area contributed by atoms with E-state index in [2.05, 4.69) is 37.4 Å². The van der Waals surface area contributed by atoms with Gasteiger partial charge in [0.1, 0.15) is 5.82 Å². The lowest BCUT2D eigenvalue weighted by molar-refractivity contribution is 0.700. The molecule has 0 aliphatic heterocycles. The second-order valence-corrected chi connectivity index (χ2v) is 2.97. The summed E-state index contributed by atoms with van der Waals surface area (Å²) in [4.78, 5) is 4.28. The topological polar surface area (TPSA) is 17.8 Å². The van der Waals surface area contributed by atoms with Crippen LogP contribution in [0.3, 0.4) is 0 Å². The van der Waals surface area contributed by atoms with E-state index in [4.69, 9.17) is 0 Å². The van der Waals surface area contributed by atoms with Gasteiger partial charge in [-0.3, -0.25) is 0 Å². The Kier molecular flexibility index (Phi) is 3.30. The number of rotatable bonds is 1. The highest BCUT2D eigenvalue weighted by Crippen LogP contribution is 2.12. The fourth-order valence-corrected chi connectivity index (χ4v) is 1.05. The van der Waals surface area contributed by atoms with E-state index >= 15 is 0 Å². The van der Waals surface area contributed by atoms with E-state index in [-0.39, 0.29) is 7.43 Å². The predicted molar refractivity (Wildman–Crippen MR) is 48.8 cm³/mol. The van der Waals surface area contributed by atoms with Gasteiger partial charge in [0.25, 0.3) is 0 Å². The number of hydrogen-bond donors (Lipinski definition) is 0. The average molecular weight is 154 g/mol. The summed E-state index contributed by atoms with van der Waals surface area (Å²) in [6.07, 6.45) is 1.91. The quantitative estimate of drug-likeness (QED) is 0.607. The monoisotopic (exact) mass is 154 g/mol. The maximum absolute atomic E-state index is 4.28. The van der Waals surface area contributed by atoms with Crippen LogP contribution in [-0.2, 0) is 7.05 Å². The summed E-state index contributed by atoms with van der Waals surface area (Å²) in [7, 11) is 2.05. The van der Waals surface area contributed by atoms with Gasteiger partial charge in [-0.25, -0.2) is 4.98 Å². The van der Waals surface area contributed by atoms with Gasteiger partial charge in [0, 0.05) is 24.9 Å². The third-order valence-electron chi connectivity index (χ3n) is 1.77. The van der Waals surface area contributed by atoms with E-state index in [0.29, 0.717) is 5.92 Å². The van der Waals surface area contributed by atoms with Crippen LogP contribution in [0, 0.1) is 6.92 Å². The van der Waals surface area contributed by atoms with Crippen LogP contribution in [0.25, 0.3) is 0 Å². The Balaban J connectivity index is 0.000001000. The van der Waals surface area contributed by atoms with E-state index in [1.807, 2.05) is 6.20 Å². The van der Waals surface area contributed by atoms with Crippen molar-refractivity contribution in [3.63, 3.8) is 0 Å². The Bertz CT molecular complexity index is 223. The Morgan fingerprint density at radius 2 is 2.00 bits per heavy atom. The van der Waals surface area contributed by atoms with E-state index in [0.717, 1.165) is 5.82 Å². The Labute approximate surface area is 69.3 Å². The molecule has 0 saturated heterocycles. The maximum Gasteiger partial charge on any atom is 0.111 e. The molecule has 0 unspecified atom stereocenters. The number of imidazole rings is 1. The second-order valence-electron chi connectivity index (χ2n) is 2.97. The highest BCUT2D eigenvalue weighted by Gasteiger charge is 2.05. The molecule has 11 heavy (non-hydrogen) atoms. The van der Waals surface area contributed by atoms with Gasteiger partial charge in [0.2, 0.25) is 0 Å². The van der Waals surface area contributed by atoms with Crippen molar-refractivity contribution in [2.45, 2.75) is 34.1 Å². The first-order chi connectivity index (χ1) is 4.63. The Hall–Kier alpha value is -0.790. The van der Waals surface area contributed by atoms with Crippen LogP contribution in [-0.4, -0.2) is 9.55 Å². The molecular weight excluding hydrogens is 136 g/mol. The average Bonchev–Trinajstić information content (AvgIpc) is 2.14. The predicted octanol–water partition coefficient (Wildman–Crippen LogP) is 2.49. The highest BCUT2D eigenvalue weighted by atomic mass is 15.1. The van der Waals surface area contributed by atoms with Crippen molar-refractivity contribution in [3.8, 4) is 0 Å². The molecule has 0 N–H and O–H groups in total. The second kappa shape index (κ2) is 3.56. The molecular formula is C9H18N2. The fraction of sp³-hybridized carbons (Fsp3) is 0.667. The van der Waals surface area contributed by atoms with E-state index in [1.165, 1.54) is 5.69 Å².